The Labute approximate surface area is 151 Å². The molecule has 0 spiro atoms. The summed E-state index contributed by atoms with van der Waals surface area (Å²) in [5, 5.41) is 9.82. The van der Waals surface area contributed by atoms with Crippen molar-refractivity contribution in [3.05, 3.63) is 38.0 Å². The maximum atomic E-state index is 4.51. The second kappa shape index (κ2) is 9.37. The lowest BCUT2D eigenvalue weighted by Crippen LogP contribution is -2.37. The monoisotopic (exact) mass is 436 g/mol. The van der Waals surface area contributed by atoms with Gasteiger partial charge in [-0.3, -0.25) is 4.99 Å². The van der Waals surface area contributed by atoms with Gasteiger partial charge in [0.15, 0.2) is 5.96 Å². The topological polar surface area (TPSA) is 49.3 Å². The van der Waals surface area contributed by atoms with Gasteiger partial charge in [-0.25, -0.2) is 4.98 Å². The van der Waals surface area contributed by atoms with Crippen LogP contribution in [-0.2, 0) is 13.0 Å². The van der Waals surface area contributed by atoms with Crippen LogP contribution in [0.2, 0.25) is 0 Å². The molecule has 2 heterocycles. The maximum absolute atomic E-state index is 4.51. The van der Waals surface area contributed by atoms with Crippen LogP contribution in [0.3, 0.4) is 0 Å². The number of guanidine groups is 1. The predicted octanol–water partition coefficient (Wildman–Crippen LogP) is 3.35. The van der Waals surface area contributed by atoms with Crippen molar-refractivity contribution in [2.24, 2.45) is 4.99 Å². The molecule has 0 bridgehead atoms. The number of aryl methyl sites for hydroxylation is 2. The van der Waals surface area contributed by atoms with E-state index in [0.717, 1.165) is 36.2 Å². The zero-order valence-electron chi connectivity index (χ0n) is 12.5. The molecule has 4 nitrogen and oxygen atoms in total. The maximum Gasteiger partial charge on any atom is 0.191 e. The predicted molar refractivity (Wildman–Crippen MR) is 103 cm³/mol. The Hall–Kier alpha value is -0.670. The number of aromatic nitrogens is 1. The number of aliphatic imine (C=N–C) groups is 1. The molecule has 0 unspecified atom stereocenters. The van der Waals surface area contributed by atoms with Crippen LogP contribution in [-0.4, -0.2) is 24.5 Å². The Morgan fingerprint density at radius 2 is 2.14 bits per heavy atom. The largest absolute Gasteiger partial charge is 0.356 e. The van der Waals surface area contributed by atoms with Gasteiger partial charge in [-0.15, -0.1) is 46.7 Å². The summed E-state index contributed by atoms with van der Waals surface area (Å²) in [6.07, 6.45) is 1.02. The van der Waals surface area contributed by atoms with Crippen molar-refractivity contribution in [3.8, 4) is 0 Å². The van der Waals surface area contributed by atoms with Crippen LogP contribution < -0.4 is 10.6 Å². The van der Waals surface area contributed by atoms with Gasteiger partial charge in [0.2, 0.25) is 0 Å². The van der Waals surface area contributed by atoms with Crippen molar-refractivity contribution in [1.29, 1.82) is 0 Å². The Morgan fingerprint density at radius 1 is 1.33 bits per heavy atom. The van der Waals surface area contributed by atoms with Gasteiger partial charge in [-0.1, -0.05) is 6.07 Å². The summed E-state index contributed by atoms with van der Waals surface area (Å²) in [4.78, 5) is 11.4. The van der Waals surface area contributed by atoms with Crippen LogP contribution in [0.15, 0.2) is 22.5 Å². The highest BCUT2D eigenvalue weighted by atomic mass is 127. The molecule has 0 aliphatic carbocycles. The molecule has 0 amide bonds. The third-order valence-electron chi connectivity index (χ3n) is 2.95. The van der Waals surface area contributed by atoms with E-state index in [2.05, 4.69) is 45.0 Å². The molecule has 116 valence electrons. The van der Waals surface area contributed by atoms with Crippen molar-refractivity contribution in [2.75, 3.05) is 13.6 Å². The second-order valence-corrected chi connectivity index (χ2v) is 6.75. The van der Waals surface area contributed by atoms with E-state index in [9.17, 15) is 0 Å². The summed E-state index contributed by atoms with van der Waals surface area (Å²) in [5.74, 6) is 0.826. The molecule has 0 aromatic carbocycles. The van der Waals surface area contributed by atoms with Crippen LogP contribution in [0.1, 0.15) is 20.5 Å². The van der Waals surface area contributed by atoms with Crippen LogP contribution >= 0.6 is 46.7 Å². The Bertz CT molecular complexity index is 544. The lowest BCUT2D eigenvalue weighted by atomic mass is 10.3. The summed E-state index contributed by atoms with van der Waals surface area (Å²) in [6, 6.07) is 4.24. The molecule has 0 aliphatic rings. The van der Waals surface area contributed by atoms with E-state index in [1.165, 1.54) is 9.75 Å². The molecule has 2 N–H and O–H groups in total. The fourth-order valence-electron chi connectivity index (χ4n) is 1.75. The minimum absolute atomic E-state index is 0. The molecule has 0 aliphatic heterocycles. The molecular weight excluding hydrogens is 415 g/mol. The van der Waals surface area contributed by atoms with Crippen molar-refractivity contribution < 1.29 is 0 Å². The third kappa shape index (κ3) is 5.91. The standard InChI is InChI=1S/C14H20N4S2.HI/c1-10-11(2)20-13(18-10)9-17-14(15-3)16-7-6-12-5-4-8-19-12;/h4-5,8H,6-7,9H2,1-3H3,(H2,15,16,17);1H. The molecule has 2 aromatic rings. The van der Waals surface area contributed by atoms with Crippen molar-refractivity contribution >= 4 is 52.6 Å². The number of hydrogen-bond acceptors (Lipinski definition) is 4. The Balaban J connectivity index is 0.00000220. The van der Waals surface area contributed by atoms with Crippen molar-refractivity contribution in [3.63, 3.8) is 0 Å². The SMILES string of the molecule is CN=C(NCCc1cccs1)NCc1nc(C)c(C)s1.I. The minimum Gasteiger partial charge on any atom is -0.356 e. The quantitative estimate of drug-likeness (QED) is 0.430. The van der Waals surface area contributed by atoms with E-state index >= 15 is 0 Å². The summed E-state index contributed by atoms with van der Waals surface area (Å²) in [6.45, 7) is 5.75. The normalized spacial score (nSPS) is 11.1. The molecule has 0 fully saturated rings. The van der Waals surface area contributed by atoms with Crippen molar-refractivity contribution in [1.82, 2.24) is 15.6 Å². The molecule has 2 rings (SSSR count). The smallest absolute Gasteiger partial charge is 0.191 e. The first-order chi connectivity index (χ1) is 9.69. The molecule has 0 atom stereocenters. The number of rotatable bonds is 5. The summed E-state index contributed by atoms with van der Waals surface area (Å²) in [5.41, 5.74) is 1.12. The first-order valence-electron chi connectivity index (χ1n) is 6.59. The lowest BCUT2D eigenvalue weighted by Gasteiger charge is -2.10. The van der Waals surface area contributed by atoms with Gasteiger partial charge in [0.25, 0.3) is 0 Å². The van der Waals surface area contributed by atoms with Gasteiger partial charge < -0.3 is 10.6 Å². The van der Waals surface area contributed by atoms with Crippen LogP contribution in [0.5, 0.6) is 0 Å². The van der Waals surface area contributed by atoms with E-state index in [1.54, 1.807) is 29.7 Å². The molecular formula is C14H21IN4S2. The second-order valence-electron chi connectivity index (χ2n) is 4.43. The van der Waals surface area contributed by atoms with Crippen LogP contribution in [0.25, 0.3) is 0 Å². The molecule has 7 heteroatoms. The van der Waals surface area contributed by atoms with Gasteiger partial charge in [0.05, 0.1) is 12.2 Å². The van der Waals surface area contributed by atoms with Gasteiger partial charge in [0.1, 0.15) is 5.01 Å². The molecule has 0 radical (unpaired) electrons. The summed E-state index contributed by atoms with van der Waals surface area (Å²) in [7, 11) is 1.79. The summed E-state index contributed by atoms with van der Waals surface area (Å²) < 4.78 is 0. The Kier molecular flexibility index (Phi) is 8.20. The Morgan fingerprint density at radius 3 is 2.71 bits per heavy atom. The zero-order valence-corrected chi connectivity index (χ0v) is 16.4. The van der Waals surface area contributed by atoms with E-state index in [4.69, 9.17) is 0 Å². The number of halogens is 1. The van der Waals surface area contributed by atoms with E-state index < -0.39 is 0 Å². The van der Waals surface area contributed by atoms with Gasteiger partial charge in [-0.05, 0) is 31.7 Å². The average Bonchev–Trinajstić information content (AvgIpc) is 3.05. The number of nitrogens with one attached hydrogen (secondary N) is 2. The van der Waals surface area contributed by atoms with Gasteiger partial charge >= 0.3 is 0 Å². The third-order valence-corrected chi connectivity index (χ3v) is 4.96. The van der Waals surface area contributed by atoms with E-state index in [1.807, 2.05) is 6.92 Å². The first kappa shape index (κ1) is 18.4. The van der Waals surface area contributed by atoms with Crippen LogP contribution in [0.4, 0.5) is 0 Å². The average molecular weight is 436 g/mol. The number of thiophene rings is 1. The fraction of sp³-hybridized carbons (Fsp3) is 0.429. The van der Waals surface area contributed by atoms with E-state index in [0.29, 0.717) is 0 Å². The fourth-order valence-corrected chi connectivity index (χ4v) is 3.34. The van der Waals surface area contributed by atoms with Crippen molar-refractivity contribution in [2.45, 2.75) is 26.8 Å². The van der Waals surface area contributed by atoms with E-state index in [-0.39, 0.29) is 24.0 Å². The number of hydrogen-bond donors (Lipinski definition) is 2. The highest BCUT2D eigenvalue weighted by Gasteiger charge is 2.04. The number of nitrogens with zero attached hydrogens (tertiary/aromatic N) is 2. The minimum atomic E-state index is 0. The molecule has 2 aromatic heterocycles. The number of thiazole rings is 1. The first-order valence-corrected chi connectivity index (χ1v) is 8.28. The summed E-state index contributed by atoms with van der Waals surface area (Å²) >= 11 is 3.52. The molecule has 0 saturated carbocycles. The molecule has 0 saturated heterocycles. The van der Waals surface area contributed by atoms with Gasteiger partial charge in [-0.2, -0.15) is 0 Å². The highest BCUT2D eigenvalue weighted by molar-refractivity contribution is 14.0. The molecule has 21 heavy (non-hydrogen) atoms. The zero-order chi connectivity index (χ0) is 14.4. The van der Waals surface area contributed by atoms with Crippen LogP contribution in [0, 0.1) is 13.8 Å². The lowest BCUT2D eigenvalue weighted by molar-refractivity contribution is 0.795. The highest BCUT2D eigenvalue weighted by Crippen LogP contribution is 2.15. The van der Waals surface area contributed by atoms with Gasteiger partial charge in [0, 0.05) is 23.3 Å².